The van der Waals surface area contributed by atoms with E-state index >= 15 is 0 Å². The Morgan fingerprint density at radius 1 is 1.00 bits per heavy atom. The van der Waals surface area contributed by atoms with Gasteiger partial charge in [-0.1, -0.05) is 0 Å². The van der Waals surface area contributed by atoms with Crippen molar-refractivity contribution in [2.75, 3.05) is 26.6 Å². The van der Waals surface area contributed by atoms with Gasteiger partial charge in [-0.3, -0.25) is 4.79 Å². The van der Waals surface area contributed by atoms with E-state index in [4.69, 9.17) is 14.2 Å². The van der Waals surface area contributed by atoms with E-state index in [-0.39, 0.29) is 11.7 Å². The van der Waals surface area contributed by atoms with E-state index in [1.807, 2.05) is 0 Å². The van der Waals surface area contributed by atoms with E-state index in [0.717, 1.165) is 5.56 Å². The number of carbonyl (C=O) groups excluding carboxylic acids is 1. The van der Waals surface area contributed by atoms with Crippen molar-refractivity contribution in [2.24, 2.45) is 0 Å². The molecule has 6 heteroatoms. The molecule has 6 nitrogen and oxygen atoms in total. The SMILES string of the molecule is COc1cc(C(=O)Nc2ccc(O)cc2C)cc(OC)c1OC. The first-order valence-electron chi connectivity index (χ1n) is 6.91. The number of aryl methyl sites for hydroxylation is 1. The standard InChI is InChI=1S/C17H19NO5/c1-10-7-12(19)5-6-13(10)18-17(20)11-8-14(21-2)16(23-4)15(9-11)22-3/h5-9,19H,1-4H3,(H,18,20). The summed E-state index contributed by atoms with van der Waals surface area (Å²) in [7, 11) is 4.48. The van der Waals surface area contributed by atoms with E-state index in [2.05, 4.69) is 5.32 Å². The molecule has 0 aliphatic carbocycles. The summed E-state index contributed by atoms with van der Waals surface area (Å²) in [6.07, 6.45) is 0. The largest absolute Gasteiger partial charge is 0.508 e. The van der Waals surface area contributed by atoms with Gasteiger partial charge in [0.1, 0.15) is 5.75 Å². The van der Waals surface area contributed by atoms with Crippen LogP contribution >= 0.6 is 0 Å². The van der Waals surface area contributed by atoms with Gasteiger partial charge in [0.05, 0.1) is 21.3 Å². The number of anilines is 1. The average Bonchev–Trinajstić information content (AvgIpc) is 2.55. The summed E-state index contributed by atoms with van der Waals surface area (Å²) >= 11 is 0. The molecule has 0 bridgehead atoms. The molecule has 0 fully saturated rings. The van der Waals surface area contributed by atoms with Crippen LogP contribution in [0, 0.1) is 6.92 Å². The van der Waals surface area contributed by atoms with Crippen molar-refractivity contribution in [3.63, 3.8) is 0 Å². The molecule has 0 atom stereocenters. The maximum absolute atomic E-state index is 12.5. The first-order valence-corrected chi connectivity index (χ1v) is 6.91. The van der Waals surface area contributed by atoms with Crippen molar-refractivity contribution in [1.82, 2.24) is 0 Å². The van der Waals surface area contributed by atoms with Crippen LogP contribution in [0.1, 0.15) is 15.9 Å². The zero-order valence-electron chi connectivity index (χ0n) is 13.5. The lowest BCUT2D eigenvalue weighted by atomic mass is 10.1. The van der Waals surface area contributed by atoms with Crippen LogP contribution in [-0.2, 0) is 0 Å². The Labute approximate surface area is 134 Å². The van der Waals surface area contributed by atoms with Gasteiger partial charge in [0.2, 0.25) is 5.75 Å². The predicted molar refractivity (Wildman–Crippen MR) is 86.9 cm³/mol. The first-order chi connectivity index (χ1) is 11.0. The van der Waals surface area contributed by atoms with Crippen LogP contribution in [-0.4, -0.2) is 32.3 Å². The van der Waals surface area contributed by atoms with Gasteiger partial charge in [0.15, 0.2) is 11.5 Å². The van der Waals surface area contributed by atoms with Crippen LogP contribution in [0.15, 0.2) is 30.3 Å². The van der Waals surface area contributed by atoms with Crippen LogP contribution in [0.2, 0.25) is 0 Å². The Kier molecular flexibility index (Phi) is 4.95. The number of nitrogens with one attached hydrogen (secondary N) is 1. The zero-order valence-corrected chi connectivity index (χ0v) is 13.5. The molecule has 1 amide bonds. The van der Waals surface area contributed by atoms with E-state index in [9.17, 15) is 9.90 Å². The summed E-state index contributed by atoms with van der Waals surface area (Å²) in [5.74, 6) is 1.05. The highest BCUT2D eigenvalue weighted by molar-refractivity contribution is 6.05. The van der Waals surface area contributed by atoms with Gasteiger partial charge >= 0.3 is 0 Å². The molecule has 122 valence electrons. The fourth-order valence-corrected chi connectivity index (χ4v) is 2.19. The van der Waals surface area contributed by atoms with E-state index in [1.54, 1.807) is 31.2 Å². The third kappa shape index (κ3) is 3.48. The summed E-state index contributed by atoms with van der Waals surface area (Å²) in [4.78, 5) is 12.5. The second kappa shape index (κ2) is 6.91. The van der Waals surface area contributed by atoms with E-state index in [1.165, 1.54) is 27.4 Å². The molecule has 2 rings (SSSR count). The van der Waals surface area contributed by atoms with Gasteiger partial charge in [-0.25, -0.2) is 0 Å². The molecule has 0 saturated heterocycles. The van der Waals surface area contributed by atoms with Crippen LogP contribution < -0.4 is 19.5 Å². The number of phenolic OH excluding ortho intramolecular Hbond substituents is 1. The molecule has 0 heterocycles. The molecular weight excluding hydrogens is 298 g/mol. The first kappa shape index (κ1) is 16.5. The van der Waals surface area contributed by atoms with E-state index in [0.29, 0.717) is 28.5 Å². The van der Waals surface area contributed by atoms with Crippen LogP contribution in [0.25, 0.3) is 0 Å². The molecule has 0 radical (unpaired) electrons. The van der Waals surface area contributed by atoms with Crippen molar-refractivity contribution in [1.29, 1.82) is 0 Å². The van der Waals surface area contributed by atoms with Crippen molar-refractivity contribution >= 4 is 11.6 Å². The number of ether oxygens (including phenoxy) is 3. The van der Waals surface area contributed by atoms with Crippen LogP contribution in [0.5, 0.6) is 23.0 Å². The third-order valence-corrected chi connectivity index (χ3v) is 3.39. The van der Waals surface area contributed by atoms with Gasteiger partial charge < -0.3 is 24.6 Å². The molecule has 0 aliphatic rings. The molecule has 0 aliphatic heterocycles. The minimum Gasteiger partial charge on any atom is -0.508 e. The molecule has 0 spiro atoms. The monoisotopic (exact) mass is 317 g/mol. The quantitative estimate of drug-likeness (QED) is 0.829. The number of aromatic hydroxyl groups is 1. The van der Waals surface area contributed by atoms with Gasteiger partial charge in [-0.15, -0.1) is 0 Å². The minimum atomic E-state index is -0.321. The summed E-state index contributed by atoms with van der Waals surface area (Å²) in [5, 5.41) is 12.2. The Morgan fingerprint density at radius 2 is 1.61 bits per heavy atom. The predicted octanol–water partition coefficient (Wildman–Crippen LogP) is 2.98. The summed E-state index contributed by atoms with van der Waals surface area (Å²) in [6.45, 7) is 1.80. The molecule has 23 heavy (non-hydrogen) atoms. The summed E-state index contributed by atoms with van der Waals surface area (Å²) in [5.41, 5.74) is 1.74. The Hall–Kier alpha value is -2.89. The molecular formula is C17H19NO5. The molecule has 2 N–H and O–H groups in total. The normalized spacial score (nSPS) is 10.1. The van der Waals surface area contributed by atoms with Crippen LogP contribution in [0.3, 0.4) is 0 Å². The van der Waals surface area contributed by atoms with Crippen molar-refractivity contribution < 1.29 is 24.1 Å². The third-order valence-electron chi connectivity index (χ3n) is 3.39. The lowest BCUT2D eigenvalue weighted by Gasteiger charge is -2.14. The fourth-order valence-electron chi connectivity index (χ4n) is 2.19. The molecule has 2 aromatic rings. The molecule has 0 saturated carbocycles. The molecule has 0 unspecified atom stereocenters. The number of carbonyl (C=O) groups is 1. The smallest absolute Gasteiger partial charge is 0.255 e. The lowest BCUT2D eigenvalue weighted by Crippen LogP contribution is -2.13. The zero-order chi connectivity index (χ0) is 17.0. The summed E-state index contributed by atoms with van der Waals surface area (Å²) in [6, 6.07) is 7.88. The number of hydrogen-bond acceptors (Lipinski definition) is 5. The lowest BCUT2D eigenvalue weighted by molar-refractivity contribution is 0.102. The summed E-state index contributed by atoms with van der Waals surface area (Å²) < 4.78 is 15.7. The van der Waals surface area contributed by atoms with Crippen molar-refractivity contribution in [3.8, 4) is 23.0 Å². The van der Waals surface area contributed by atoms with Crippen molar-refractivity contribution in [2.45, 2.75) is 6.92 Å². The number of benzene rings is 2. The van der Waals surface area contributed by atoms with Gasteiger partial charge in [-0.05, 0) is 42.8 Å². The minimum absolute atomic E-state index is 0.147. The van der Waals surface area contributed by atoms with Crippen molar-refractivity contribution in [3.05, 3.63) is 41.5 Å². The fraction of sp³-hybridized carbons (Fsp3) is 0.235. The topological polar surface area (TPSA) is 77.0 Å². The second-order valence-corrected chi connectivity index (χ2v) is 4.87. The molecule has 0 aromatic heterocycles. The van der Waals surface area contributed by atoms with E-state index < -0.39 is 0 Å². The molecule has 2 aromatic carbocycles. The van der Waals surface area contributed by atoms with Gasteiger partial charge in [0.25, 0.3) is 5.91 Å². The number of rotatable bonds is 5. The maximum atomic E-state index is 12.5. The second-order valence-electron chi connectivity index (χ2n) is 4.87. The average molecular weight is 317 g/mol. The Morgan fingerprint density at radius 3 is 2.09 bits per heavy atom. The number of phenols is 1. The number of amides is 1. The van der Waals surface area contributed by atoms with Crippen LogP contribution in [0.4, 0.5) is 5.69 Å². The maximum Gasteiger partial charge on any atom is 0.255 e. The Bertz CT molecular complexity index is 702. The highest BCUT2D eigenvalue weighted by atomic mass is 16.5. The Balaban J connectivity index is 2.35. The van der Waals surface area contributed by atoms with Gasteiger partial charge in [-0.2, -0.15) is 0 Å². The number of methoxy groups -OCH3 is 3. The number of hydrogen-bond donors (Lipinski definition) is 2. The highest BCUT2D eigenvalue weighted by Gasteiger charge is 2.17. The van der Waals surface area contributed by atoms with Gasteiger partial charge in [0, 0.05) is 11.3 Å². The highest BCUT2D eigenvalue weighted by Crippen LogP contribution is 2.38.